The van der Waals surface area contributed by atoms with Crippen LogP contribution >= 0.6 is 0 Å². The third-order valence-electron chi connectivity index (χ3n) is 2.92. The lowest BCUT2D eigenvalue weighted by Crippen LogP contribution is -2.18. The number of rotatable bonds is 4. The van der Waals surface area contributed by atoms with Crippen molar-refractivity contribution in [3.05, 3.63) is 53.7 Å². The van der Waals surface area contributed by atoms with Gasteiger partial charge >= 0.3 is 5.97 Å². The first-order valence-corrected chi connectivity index (χ1v) is 6.50. The molecule has 0 fully saturated rings. The van der Waals surface area contributed by atoms with Gasteiger partial charge in [-0.05, 0) is 31.2 Å². The number of hydrogen-bond acceptors (Lipinski definition) is 4. The van der Waals surface area contributed by atoms with E-state index in [1.54, 1.807) is 12.1 Å². The van der Waals surface area contributed by atoms with E-state index in [9.17, 15) is 4.79 Å². The molecule has 104 valence electrons. The number of nitrogens with zero attached hydrogens (tertiary/aromatic N) is 1. The SMILES string of the molecule is COC(=O)c1cccc(-c2cccc(CC(C)N)n2)c1. The number of benzene rings is 1. The Balaban J connectivity index is 2.34. The number of carbonyl (C=O) groups is 1. The van der Waals surface area contributed by atoms with E-state index < -0.39 is 0 Å². The summed E-state index contributed by atoms with van der Waals surface area (Å²) in [4.78, 5) is 16.1. The van der Waals surface area contributed by atoms with E-state index in [0.29, 0.717) is 5.56 Å². The molecule has 0 saturated heterocycles. The number of carbonyl (C=O) groups excluding carboxylic acids is 1. The van der Waals surface area contributed by atoms with Crippen molar-refractivity contribution in [3.8, 4) is 11.3 Å². The number of aromatic nitrogens is 1. The summed E-state index contributed by atoms with van der Waals surface area (Å²) in [5.74, 6) is -0.349. The zero-order valence-electron chi connectivity index (χ0n) is 11.7. The fourth-order valence-electron chi connectivity index (χ4n) is 2.01. The van der Waals surface area contributed by atoms with E-state index in [4.69, 9.17) is 10.5 Å². The standard InChI is InChI=1S/C16H18N2O2/c1-11(17)9-14-7-4-8-15(18-14)12-5-3-6-13(10-12)16(19)20-2/h3-8,10-11H,9,17H2,1-2H3. The highest BCUT2D eigenvalue weighted by atomic mass is 16.5. The van der Waals surface area contributed by atoms with Crippen molar-refractivity contribution >= 4 is 5.97 Å². The molecule has 0 amide bonds. The smallest absolute Gasteiger partial charge is 0.337 e. The molecule has 4 nitrogen and oxygen atoms in total. The maximum Gasteiger partial charge on any atom is 0.337 e. The van der Waals surface area contributed by atoms with E-state index in [1.165, 1.54) is 7.11 Å². The lowest BCUT2D eigenvalue weighted by atomic mass is 10.1. The molecular formula is C16H18N2O2. The molecule has 0 aliphatic heterocycles. The highest BCUT2D eigenvalue weighted by molar-refractivity contribution is 5.90. The molecule has 0 aliphatic carbocycles. The van der Waals surface area contributed by atoms with E-state index in [0.717, 1.165) is 23.4 Å². The molecule has 4 heteroatoms. The summed E-state index contributed by atoms with van der Waals surface area (Å²) in [6.07, 6.45) is 0.727. The van der Waals surface area contributed by atoms with Gasteiger partial charge in [0.05, 0.1) is 18.4 Å². The van der Waals surface area contributed by atoms with Gasteiger partial charge in [-0.25, -0.2) is 4.79 Å². The Labute approximate surface area is 118 Å². The van der Waals surface area contributed by atoms with Crippen LogP contribution in [-0.4, -0.2) is 24.1 Å². The van der Waals surface area contributed by atoms with Gasteiger partial charge in [-0.15, -0.1) is 0 Å². The van der Waals surface area contributed by atoms with Gasteiger partial charge in [-0.1, -0.05) is 18.2 Å². The highest BCUT2D eigenvalue weighted by Crippen LogP contribution is 2.19. The topological polar surface area (TPSA) is 65.2 Å². The van der Waals surface area contributed by atoms with Gasteiger partial charge in [-0.2, -0.15) is 0 Å². The van der Waals surface area contributed by atoms with Gasteiger partial charge in [0.25, 0.3) is 0 Å². The fourth-order valence-corrected chi connectivity index (χ4v) is 2.01. The van der Waals surface area contributed by atoms with Crippen LogP contribution in [0.2, 0.25) is 0 Å². The number of methoxy groups -OCH3 is 1. The van der Waals surface area contributed by atoms with E-state index in [2.05, 4.69) is 4.98 Å². The van der Waals surface area contributed by atoms with Crippen molar-refractivity contribution in [2.24, 2.45) is 5.73 Å². The molecule has 0 spiro atoms. The molecular weight excluding hydrogens is 252 g/mol. The first-order chi connectivity index (χ1) is 9.60. The predicted octanol–water partition coefficient (Wildman–Crippen LogP) is 2.42. The largest absolute Gasteiger partial charge is 0.465 e. The number of ether oxygens (including phenoxy) is 1. The summed E-state index contributed by atoms with van der Waals surface area (Å²) in [5, 5.41) is 0. The first-order valence-electron chi connectivity index (χ1n) is 6.50. The second-order valence-electron chi connectivity index (χ2n) is 4.77. The van der Waals surface area contributed by atoms with Gasteiger partial charge < -0.3 is 10.5 Å². The molecule has 1 heterocycles. The maximum atomic E-state index is 11.6. The van der Waals surface area contributed by atoms with Crippen LogP contribution in [0.1, 0.15) is 23.0 Å². The predicted molar refractivity (Wildman–Crippen MR) is 78.4 cm³/mol. The molecule has 0 aliphatic rings. The van der Waals surface area contributed by atoms with Crippen LogP contribution in [0.15, 0.2) is 42.5 Å². The van der Waals surface area contributed by atoms with Gasteiger partial charge in [-0.3, -0.25) is 4.98 Å². The van der Waals surface area contributed by atoms with E-state index in [1.807, 2.05) is 37.3 Å². The fraction of sp³-hybridized carbons (Fsp3) is 0.250. The van der Waals surface area contributed by atoms with E-state index in [-0.39, 0.29) is 12.0 Å². The third-order valence-corrected chi connectivity index (χ3v) is 2.92. The normalized spacial score (nSPS) is 11.9. The van der Waals surface area contributed by atoms with Crippen LogP contribution in [0, 0.1) is 0 Å². The minimum Gasteiger partial charge on any atom is -0.465 e. The van der Waals surface area contributed by atoms with Crippen LogP contribution < -0.4 is 5.73 Å². The van der Waals surface area contributed by atoms with Crippen LogP contribution in [0.3, 0.4) is 0 Å². The molecule has 2 aromatic rings. The number of nitrogens with two attached hydrogens (primary N) is 1. The minimum absolute atomic E-state index is 0.0687. The molecule has 2 N–H and O–H groups in total. The molecule has 1 aromatic heterocycles. The average Bonchev–Trinajstić information content (AvgIpc) is 2.46. The van der Waals surface area contributed by atoms with Crippen LogP contribution in [0.4, 0.5) is 0 Å². The molecule has 0 radical (unpaired) electrons. The molecule has 1 unspecified atom stereocenters. The summed E-state index contributed by atoms with van der Waals surface area (Å²) in [6, 6.07) is 13.1. The Bertz CT molecular complexity index is 609. The van der Waals surface area contributed by atoms with E-state index >= 15 is 0 Å². The second kappa shape index (κ2) is 6.30. The number of hydrogen-bond donors (Lipinski definition) is 1. The first kappa shape index (κ1) is 14.2. The lowest BCUT2D eigenvalue weighted by Gasteiger charge is -2.08. The Morgan fingerprint density at radius 1 is 1.30 bits per heavy atom. The number of pyridine rings is 1. The van der Waals surface area contributed by atoms with Crippen molar-refractivity contribution < 1.29 is 9.53 Å². The Morgan fingerprint density at radius 2 is 2.05 bits per heavy atom. The molecule has 2 rings (SSSR count). The Kier molecular flexibility index (Phi) is 4.48. The van der Waals surface area contributed by atoms with Crippen molar-refractivity contribution in [2.75, 3.05) is 7.11 Å². The van der Waals surface area contributed by atoms with Crippen molar-refractivity contribution in [3.63, 3.8) is 0 Å². The molecule has 20 heavy (non-hydrogen) atoms. The second-order valence-corrected chi connectivity index (χ2v) is 4.77. The van der Waals surface area contributed by atoms with Crippen LogP contribution in [0.25, 0.3) is 11.3 Å². The van der Waals surface area contributed by atoms with Crippen LogP contribution in [-0.2, 0) is 11.2 Å². The zero-order valence-corrected chi connectivity index (χ0v) is 11.7. The summed E-state index contributed by atoms with van der Waals surface area (Å²) in [7, 11) is 1.37. The van der Waals surface area contributed by atoms with Gasteiger partial charge in [0, 0.05) is 23.7 Å². The van der Waals surface area contributed by atoms with Crippen LogP contribution in [0.5, 0.6) is 0 Å². The Morgan fingerprint density at radius 3 is 2.75 bits per heavy atom. The summed E-state index contributed by atoms with van der Waals surface area (Å²) in [5.41, 5.74) is 8.97. The molecule has 0 bridgehead atoms. The average molecular weight is 270 g/mol. The molecule has 1 atom stereocenters. The van der Waals surface area contributed by atoms with Crippen molar-refractivity contribution in [1.82, 2.24) is 4.98 Å². The third kappa shape index (κ3) is 3.42. The minimum atomic E-state index is -0.349. The lowest BCUT2D eigenvalue weighted by molar-refractivity contribution is 0.0601. The summed E-state index contributed by atoms with van der Waals surface area (Å²) >= 11 is 0. The van der Waals surface area contributed by atoms with Crippen molar-refractivity contribution in [2.45, 2.75) is 19.4 Å². The summed E-state index contributed by atoms with van der Waals surface area (Å²) in [6.45, 7) is 1.95. The zero-order chi connectivity index (χ0) is 14.5. The van der Waals surface area contributed by atoms with Gasteiger partial charge in [0.2, 0.25) is 0 Å². The van der Waals surface area contributed by atoms with Gasteiger partial charge in [0.1, 0.15) is 0 Å². The Hall–Kier alpha value is -2.20. The monoisotopic (exact) mass is 270 g/mol. The summed E-state index contributed by atoms with van der Waals surface area (Å²) < 4.78 is 4.73. The van der Waals surface area contributed by atoms with Crippen molar-refractivity contribution in [1.29, 1.82) is 0 Å². The molecule has 0 saturated carbocycles. The van der Waals surface area contributed by atoms with Gasteiger partial charge in [0.15, 0.2) is 0 Å². The maximum absolute atomic E-state index is 11.6. The highest BCUT2D eigenvalue weighted by Gasteiger charge is 2.08. The quantitative estimate of drug-likeness (QED) is 0.866. The molecule has 1 aromatic carbocycles. The number of esters is 1.